The topological polar surface area (TPSA) is 126 Å². The first-order valence-corrected chi connectivity index (χ1v) is 16.5. The third-order valence-corrected chi connectivity index (χ3v) is 11.5. The maximum absolute atomic E-state index is 13.3. The third-order valence-electron chi connectivity index (χ3n) is 6.71. The second-order valence-corrected chi connectivity index (χ2v) is 14.7. The smallest absolute Gasteiger partial charge is 0.219 e. The van der Waals surface area contributed by atoms with Crippen molar-refractivity contribution in [1.82, 2.24) is 9.44 Å². The molecule has 0 unspecified atom stereocenters. The largest absolute Gasteiger partial charge is 0.240 e. The highest BCUT2D eigenvalue weighted by Crippen LogP contribution is 2.27. The molecule has 0 aromatic heterocycles. The summed E-state index contributed by atoms with van der Waals surface area (Å²) >= 11 is 0. The molecule has 2 N–H and O–H groups in total. The van der Waals surface area contributed by atoms with E-state index in [0.29, 0.717) is 0 Å². The Morgan fingerprint density at radius 2 is 0.857 bits per heavy atom. The van der Waals surface area contributed by atoms with Crippen LogP contribution in [0.3, 0.4) is 0 Å². The number of sulfonamides is 2. The van der Waals surface area contributed by atoms with Gasteiger partial charge in [-0.2, -0.15) is 0 Å². The summed E-state index contributed by atoms with van der Waals surface area (Å²) in [6.45, 7) is 0. The molecule has 0 aliphatic heterocycles. The Balaban J connectivity index is 1.59. The Labute approximate surface area is 208 Å². The fourth-order valence-electron chi connectivity index (χ4n) is 4.77. The Hall–Kier alpha value is -1.79. The Morgan fingerprint density at radius 3 is 1.23 bits per heavy atom. The van der Waals surface area contributed by atoms with Crippen molar-refractivity contribution >= 4 is 29.9 Å². The molecule has 0 radical (unpaired) electrons. The van der Waals surface area contributed by atoms with E-state index in [9.17, 15) is 25.3 Å². The van der Waals surface area contributed by atoms with E-state index >= 15 is 0 Å². The van der Waals surface area contributed by atoms with E-state index in [-0.39, 0.29) is 31.7 Å². The fourth-order valence-corrected chi connectivity index (χ4v) is 8.97. The monoisotopic (exact) mass is 540 g/mol. The fraction of sp³-hybridized carbons (Fsp3) is 0.500. The summed E-state index contributed by atoms with van der Waals surface area (Å²) in [5.74, 6) is 0. The Kier molecular flexibility index (Phi) is 8.02. The molecule has 2 aliphatic rings. The maximum Gasteiger partial charge on any atom is 0.240 e. The molecular formula is C24H32N2O6S3. The average Bonchev–Trinajstić information content (AvgIpc) is 2.85. The first-order valence-electron chi connectivity index (χ1n) is 12.1. The van der Waals surface area contributed by atoms with Crippen LogP contribution in [0.5, 0.6) is 0 Å². The molecule has 35 heavy (non-hydrogen) atoms. The molecule has 0 spiro atoms. The normalized spacial score (nSPS) is 19.0. The van der Waals surface area contributed by atoms with Gasteiger partial charge in [-0.3, -0.25) is 0 Å². The van der Waals surface area contributed by atoms with E-state index in [2.05, 4.69) is 9.44 Å². The van der Waals surface area contributed by atoms with Gasteiger partial charge in [0.2, 0.25) is 29.9 Å². The quantitative estimate of drug-likeness (QED) is 0.525. The molecule has 0 heterocycles. The Bertz CT molecular complexity index is 1260. The minimum atomic E-state index is -4.16. The summed E-state index contributed by atoms with van der Waals surface area (Å²) in [5, 5.41) is 0. The van der Waals surface area contributed by atoms with Crippen LogP contribution in [0, 0.1) is 0 Å². The number of hydrogen-bond acceptors (Lipinski definition) is 6. The number of benzene rings is 2. The minimum Gasteiger partial charge on any atom is -0.219 e. The highest BCUT2D eigenvalue weighted by atomic mass is 32.2. The van der Waals surface area contributed by atoms with Crippen molar-refractivity contribution in [3.05, 3.63) is 48.5 Å². The molecule has 8 nitrogen and oxygen atoms in total. The highest BCUT2D eigenvalue weighted by molar-refractivity contribution is 7.92. The SMILES string of the molecule is O=S(=O)(NC1CCCCC1)c1cccc(S(=O)(=O)c2cccc(S(=O)(=O)NC3CCCCC3)c2)c1. The second kappa shape index (κ2) is 10.7. The van der Waals surface area contributed by atoms with Gasteiger partial charge in [-0.05, 0) is 62.1 Å². The van der Waals surface area contributed by atoms with Crippen LogP contribution in [-0.2, 0) is 29.9 Å². The molecule has 4 rings (SSSR count). The lowest BCUT2D eigenvalue weighted by Crippen LogP contribution is -2.36. The molecule has 2 aromatic carbocycles. The van der Waals surface area contributed by atoms with E-state index in [1.165, 1.54) is 36.4 Å². The molecule has 2 aromatic rings. The summed E-state index contributed by atoms with van der Waals surface area (Å²) in [6, 6.07) is 10.1. The molecule has 2 saturated carbocycles. The minimum absolute atomic E-state index is 0.133. The van der Waals surface area contributed by atoms with Crippen LogP contribution in [0.1, 0.15) is 64.2 Å². The zero-order valence-electron chi connectivity index (χ0n) is 19.5. The van der Waals surface area contributed by atoms with Gasteiger partial charge in [0, 0.05) is 12.1 Å². The van der Waals surface area contributed by atoms with Gasteiger partial charge in [-0.15, -0.1) is 0 Å². The number of sulfone groups is 1. The van der Waals surface area contributed by atoms with E-state index in [1.807, 2.05) is 0 Å². The van der Waals surface area contributed by atoms with Gasteiger partial charge in [0.1, 0.15) is 0 Å². The van der Waals surface area contributed by atoms with Gasteiger partial charge < -0.3 is 0 Å². The molecular weight excluding hydrogens is 508 g/mol. The molecule has 2 aliphatic carbocycles. The summed E-state index contributed by atoms with van der Waals surface area (Å²) in [5.41, 5.74) is 0. The van der Waals surface area contributed by atoms with Crippen molar-refractivity contribution in [3.8, 4) is 0 Å². The number of hydrogen-bond donors (Lipinski definition) is 2. The van der Waals surface area contributed by atoms with Crippen LogP contribution in [0.25, 0.3) is 0 Å². The third kappa shape index (κ3) is 6.32. The van der Waals surface area contributed by atoms with Crippen LogP contribution in [0.4, 0.5) is 0 Å². The van der Waals surface area contributed by atoms with Gasteiger partial charge in [0.25, 0.3) is 0 Å². The van der Waals surface area contributed by atoms with Gasteiger partial charge >= 0.3 is 0 Å². The van der Waals surface area contributed by atoms with Crippen molar-refractivity contribution in [3.63, 3.8) is 0 Å². The lowest BCUT2D eigenvalue weighted by molar-refractivity contribution is 0.412. The predicted molar refractivity (Wildman–Crippen MR) is 133 cm³/mol. The lowest BCUT2D eigenvalue weighted by atomic mass is 9.96. The Morgan fingerprint density at radius 1 is 0.514 bits per heavy atom. The molecule has 0 saturated heterocycles. The van der Waals surface area contributed by atoms with Crippen molar-refractivity contribution < 1.29 is 25.3 Å². The second-order valence-electron chi connectivity index (χ2n) is 9.37. The number of rotatable bonds is 8. The van der Waals surface area contributed by atoms with Crippen molar-refractivity contribution in [2.24, 2.45) is 0 Å². The zero-order chi connectivity index (χ0) is 25.1. The van der Waals surface area contributed by atoms with Crippen LogP contribution in [0.15, 0.2) is 68.1 Å². The molecule has 11 heteroatoms. The molecule has 0 bridgehead atoms. The van der Waals surface area contributed by atoms with Crippen LogP contribution in [-0.4, -0.2) is 37.3 Å². The van der Waals surface area contributed by atoms with Crippen molar-refractivity contribution in [1.29, 1.82) is 0 Å². The van der Waals surface area contributed by atoms with Gasteiger partial charge in [0.05, 0.1) is 19.6 Å². The van der Waals surface area contributed by atoms with E-state index in [0.717, 1.165) is 76.3 Å². The summed E-state index contributed by atoms with van der Waals surface area (Å²) in [7, 11) is -11.9. The first-order chi connectivity index (χ1) is 16.6. The predicted octanol–water partition coefficient (Wildman–Crippen LogP) is 3.74. The highest BCUT2D eigenvalue weighted by Gasteiger charge is 2.27. The summed E-state index contributed by atoms with van der Waals surface area (Å²) in [4.78, 5) is -0.684. The zero-order valence-corrected chi connectivity index (χ0v) is 22.0. The molecule has 2 fully saturated rings. The average molecular weight is 541 g/mol. The van der Waals surface area contributed by atoms with E-state index in [1.54, 1.807) is 0 Å². The summed E-state index contributed by atoms with van der Waals surface area (Å²) < 4.78 is 83.6. The lowest BCUT2D eigenvalue weighted by Gasteiger charge is -2.23. The van der Waals surface area contributed by atoms with Gasteiger partial charge in [0.15, 0.2) is 0 Å². The van der Waals surface area contributed by atoms with Crippen molar-refractivity contribution in [2.45, 2.75) is 95.9 Å². The van der Waals surface area contributed by atoms with E-state index in [4.69, 9.17) is 0 Å². The van der Waals surface area contributed by atoms with Gasteiger partial charge in [-0.1, -0.05) is 50.7 Å². The first kappa shape index (κ1) is 26.3. The maximum atomic E-state index is 13.3. The molecule has 0 amide bonds. The number of nitrogens with one attached hydrogen (secondary N) is 2. The van der Waals surface area contributed by atoms with Crippen LogP contribution >= 0.6 is 0 Å². The van der Waals surface area contributed by atoms with Gasteiger partial charge in [-0.25, -0.2) is 34.7 Å². The summed E-state index contributed by atoms with van der Waals surface area (Å²) in [6.07, 6.45) is 9.01. The van der Waals surface area contributed by atoms with Crippen molar-refractivity contribution in [2.75, 3.05) is 0 Å². The standard InChI is InChI=1S/C24H32N2O6S3/c27-33(28,21-13-7-15-23(17-21)34(29,30)25-19-9-3-1-4-10-19)22-14-8-16-24(18-22)35(31,32)26-20-11-5-2-6-12-20/h7-8,13-20,25-26H,1-6,9-12H2. The molecule has 192 valence electrons. The van der Waals surface area contributed by atoms with E-state index < -0.39 is 29.9 Å². The van der Waals surface area contributed by atoms with Crippen LogP contribution in [0.2, 0.25) is 0 Å². The molecule has 0 atom stereocenters. The van der Waals surface area contributed by atoms with Crippen LogP contribution < -0.4 is 9.44 Å².